The lowest BCUT2D eigenvalue weighted by molar-refractivity contribution is 0.102. The summed E-state index contributed by atoms with van der Waals surface area (Å²) in [5.41, 5.74) is 4.44. The molecule has 1 saturated carbocycles. The minimum Gasteiger partial charge on any atom is -0.381 e. The minimum atomic E-state index is -0.172. The van der Waals surface area contributed by atoms with E-state index in [-0.39, 0.29) is 5.91 Å². The Hall–Kier alpha value is -2.36. The molecule has 25 heavy (non-hydrogen) atoms. The second-order valence-corrected chi connectivity index (χ2v) is 7.04. The summed E-state index contributed by atoms with van der Waals surface area (Å²) in [6, 6.07) is 10.3. The number of rotatable bonds is 4. The van der Waals surface area contributed by atoms with E-state index in [1.807, 2.05) is 38.1 Å². The summed E-state index contributed by atoms with van der Waals surface area (Å²) in [6.07, 6.45) is 9.47. The molecule has 0 unspecified atom stereocenters. The summed E-state index contributed by atoms with van der Waals surface area (Å²) in [5.74, 6) is -0.172. The number of anilines is 2. The zero-order valence-corrected chi connectivity index (χ0v) is 15.1. The van der Waals surface area contributed by atoms with Gasteiger partial charge in [0.15, 0.2) is 0 Å². The van der Waals surface area contributed by atoms with Crippen LogP contribution < -0.4 is 10.6 Å². The van der Waals surface area contributed by atoms with Crippen LogP contribution in [0.1, 0.15) is 60.1 Å². The Balaban J connectivity index is 1.63. The van der Waals surface area contributed by atoms with Crippen LogP contribution in [0.15, 0.2) is 36.5 Å². The highest BCUT2D eigenvalue weighted by Crippen LogP contribution is 2.21. The van der Waals surface area contributed by atoms with Crippen molar-refractivity contribution >= 4 is 17.3 Å². The van der Waals surface area contributed by atoms with Crippen molar-refractivity contribution in [3.05, 3.63) is 53.3 Å². The van der Waals surface area contributed by atoms with Gasteiger partial charge in [-0.2, -0.15) is 0 Å². The van der Waals surface area contributed by atoms with E-state index in [0.717, 1.165) is 22.5 Å². The van der Waals surface area contributed by atoms with Gasteiger partial charge in [0.05, 0.1) is 11.9 Å². The number of aryl methyl sites for hydroxylation is 2. The largest absolute Gasteiger partial charge is 0.381 e. The normalized spacial score (nSPS) is 15.4. The molecule has 1 aliphatic carbocycles. The van der Waals surface area contributed by atoms with E-state index in [4.69, 9.17) is 0 Å². The fourth-order valence-corrected chi connectivity index (χ4v) is 3.33. The Bertz CT molecular complexity index is 716. The van der Waals surface area contributed by atoms with Crippen molar-refractivity contribution in [2.45, 2.75) is 58.4 Å². The van der Waals surface area contributed by atoms with Crippen LogP contribution in [0.5, 0.6) is 0 Å². The van der Waals surface area contributed by atoms with E-state index in [2.05, 4.69) is 15.6 Å². The molecule has 1 fully saturated rings. The molecule has 1 amide bonds. The van der Waals surface area contributed by atoms with Gasteiger partial charge in [0, 0.05) is 11.7 Å². The maximum absolute atomic E-state index is 12.4. The summed E-state index contributed by atoms with van der Waals surface area (Å²) in [7, 11) is 0. The maximum atomic E-state index is 12.4. The van der Waals surface area contributed by atoms with Crippen LogP contribution in [-0.4, -0.2) is 16.9 Å². The third-order valence-corrected chi connectivity index (χ3v) is 4.86. The molecule has 0 bridgehead atoms. The predicted octanol–water partition coefficient (Wildman–Crippen LogP) is 5.09. The number of nitrogens with zero attached hydrogens (tertiary/aromatic N) is 1. The molecule has 2 aromatic rings. The van der Waals surface area contributed by atoms with Crippen molar-refractivity contribution in [2.24, 2.45) is 0 Å². The summed E-state index contributed by atoms with van der Waals surface area (Å²) in [6.45, 7) is 4.00. The first kappa shape index (κ1) is 17.5. The van der Waals surface area contributed by atoms with Crippen molar-refractivity contribution in [1.29, 1.82) is 0 Å². The maximum Gasteiger partial charge on any atom is 0.274 e. The number of pyridine rings is 1. The Kier molecular flexibility index (Phi) is 5.69. The third kappa shape index (κ3) is 4.81. The van der Waals surface area contributed by atoms with E-state index in [0.29, 0.717) is 11.7 Å². The molecule has 4 nitrogen and oxygen atoms in total. The number of amides is 1. The van der Waals surface area contributed by atoms with Gasteiger partial charge in [0.1, 0.15) is 5.69 Å². The van der Waals surface area contributed by atoms with Gasteiger partial charge in [0.2, 0.25) is 0 Å². The number of carbonyl (C=O) groups is 1. The fourth-order valence-electron chi connectivity index (χ4n) is 3.33. The van der Waals surface area contributed by atoms with Crippen LogP contribution in [0.4, 0.5) is 11.4 Å². The number of nitrogens with one attached hydrogen (secondary N) is 2. The lowest BCUT2D eigenvalue weighted by atomic mass is 10.1. The molecule has 1 heterocycles. The highest BCUT2D eigenvalue weighted by Gasteiger charge is 2.13. The van der Waals surface area contributed by atoms with Crippen LogP contribution in [0.3, 0.4) is 0 Å². The third-order valence-electron chi connectivity index (χ3n) is 4.86. The highest BCUT2D eigenvalue weighted by molar-refractivity contribution is 6.03. The van der Waals surface area contributed by atoms with Gasteiger partial charge < -0.3 is 10.6 Å². The molecule has 1 aliphatic rings. The molecule has 1 aromatic carbocycles. The average Bonchev–Trinajstić information content (AvgIpc) is 2.87. The molecule has 0 spiro atoms. The second-order valence-electron chi connectivity index (χ2n) is 7.04. The first-order valence-electron chi connectivity index (χ1n) is 9.23. The van der Waals surface area contributed by atoms with Crippen molar-refractivity contribution < 1.29 is 4.79 Å². The van der Waals surface area contributed by atoms with Crippen molar-refractivity contribution in [1.82, 2.24) is 4.98 Å². The molecular formula is C21H27N3O. The summed E-state index contributed by atoms with van der Waals surface area (Å²) >= 11 is 0. The van der Waals surface area contributed by atoms with Gasteiger partial charge in [-0.3, -0.25) is 4.79 Å². The molecule has 0 radical (unpaired) electrons. The van der Waals surface area contributed by atoms with Crippen molar-refractivity contribution in [3.63, 3.8) is 0 Å². The number of hydrogen-bond donors (Lipinski definition) is 2. The Morgan fingerprint density at radius 1 is 1.04 bits per heavy atom. The smallest absolute Gasteiger partial charge is 0.274 e. The Morgan fingerprint density at radius 3 is 2.48 bits per heavy atom. The topological polar surface area (TPSA) is 54.0 Å². The first-order valence-corrected chi connectivity index (χ1v) is 9.23. The Labute approximate surface area is 150 Å². The van der Waals surface area contributed by atoms with Crippen molar-refractivity contribution in [2.75, 3.05) is 10.6 Å². The standard InChI is InChI=1S/C21H27N3O/c1-15-9-10-16(2)20(13-15)24-21(25)19-12-11-18(14-22-19)23-17-7-5-3-4-6-8-17/h9-14,17,23H,3-8H2,1-2H3,(H,24,25). The first-order chi connectivity index (χ1) is 12.1. The zero-order chi connectivity index (χ0) is 17.6. The van der Waals surface area contributed by atoms with Crippen LogP contribution >= 0.6 is 0 Å². The monoisotopic (exact) mass is 337 g/mol. The molecule has 132 valence electrons. The van der Waals surface area contributed by atoms with Crippen molar-refractivity contribution in [3.8, 4) is 0 Å². The van der Waals surface area contributed by atoms with Gasteiger partial charge in [-0.25, -0.2) is 4.98 Å². The SMILES string of the molecule is Cc1ccc(C)c(NC(=O)c2ccc(NC3CCCCCC3)cn2)c1. The number of hydrogen-bond acceptors (Lipinski definition) is 3. The molecule has 0 aliphatic heterocycles. The molecule has 3 rings (SSSR count). The quantitative estimate of drug-likeness (QED) is 0.765. The van der Waals surface area contributed by atoms with Gasteiger partial charge >= 0.3 is 0 Å². The number of carbonyl (C=O) groups excluding carboxylic acids is 1. The molecule has 0 atom stereocenters. The summed E-state index contributed by atoms with van der Waals surface area (Å²) in [5, 5.41) is 6.51. The fraction of sp³-hybridized carbons (Fsp3) is 0.429. The van der Waals surface area contributed by atoms with Gasteiger partial charge in [-0.1, -0.05) is 37.8 Å². The molecule has 2 N–H and O–H groups in total. The van der Waals surface area contributed by atoms with Gasteiger partial charge in [-0.15, -0.1) is 0 Å². The predicted molar refractivity (Wildman–Crippen MR) is 103 cm³/mol. The van der Waals surface area contributed by atoms with Gasteiger partial charge in [0.25, 0.3) is 5.91 Å². The summed E-state index contributed by atoms with van der Waals surface area (Å²) < 4.78 is 0. The van der Waals surface area contributed by atoms with E-state index in [9.17, 15) is 4.79 Å². The second kappa shape index (κ2) is 8.15. The number of aromatic nitrogens is 1. The molecule has 4 heteroatoms. The Morgan fingerprint density at radius 2 is 1.80 bits per heavy atom. The molecule has 0 saturated heterocycles. The van der Waals surface area contributed by atoms with E-state index >= 15 is 0 Å². The van der Waals surface area contributed by atoms with E-state index in [1.165, 1.54) is 38.5 Å². The lowest BCUT2D eigenvalue weighted by Crippen LogP contribution is -2.19. The number of benzene rings is 1. The minimum absolute atomic E-state index is 0.172. The lowest BCUT2D eigenvalue weighted by Gasteiger charge is -2.17. The molecular weight excluding hydrogens is 310 g/mol. The van der Waals surface area contributed by atoms with E-state index in [1.54, 1.807) is 12.3 Å². The van der Waals surface area contributed by atoms with Crippen LogP contribution in [0.2, 0.25) is 0 Å². The van der Waals surface area contributed by atoms with Crippen LogP contribution in [0.25, 0.3) is 0 Å². The molecule has 1 aromatic heterocycles. The van der Waals surface area contributed by atoms with Gasteiger partial charge in [-0.05, 0) is 56.0 Å². The average molecular weight is 337 g/mol. The van der Waals surface area contributed by atoms with Crippen LogP contribution in [-0.2, 0) is 0 Å². The van der Waals surface area contributed by atoms with E-state index < -0.39 is 0 Å². The summed E-state index contributed by atoms with van der Waals surface area (Å²) in [4.78, 5) is 16.8. The van der Waals surface area contributed by atoms with Crippen LogP contribution in [0, 0.1) is 13.8 Å². The zero-order valence-electron chi connectivity index (χ0n) is 15.1. The highest BCUT2D eigenvalue weighted by atomic mass is 16.1.